The Morgan fingerprint density at radius 1 is 1.36 bits per heavy atom. The van der Waals surface area contributed by atoms with Crippen LogP contribution in [0.4, 0.5) is 5.69 Å². The van der Waals surface area contributed by atoms with Crippen molar-refractivity contribution in [2.24, 2.45) is 4.99 Å². The molecule has 1 fully saturated rings. The van der Waals surface area contributed by atoms with Crippen molar-refractivity contribution in [1.82, 2.24) is 9.88 Å². The zero-order chi connectivity index (χ0) is 17.8. The van der Waals surface area contributed by atoms with Crippen LogP contribution in [0.25, 0.3) is 0 Å². The van der Waals surface area contributed by atoms with Gasteiger partial charge >= 0.3 is 0 Å². The van der Waals surface area contributed by atoms with Gasteiger partial charge in [-0.2, -0.15) is 0 Å². The molecule has 2 heterocycles. The van der Waals surface area contributed by atoms with Gasteiger partial charge in [0.1, 0.15) is 0 Å². The Morgan fingerprint density at radius 2 is 2.20 bits per heavy atom. The topological polar surface area (TPSA) is 37.7 Å². The fourth-order valence-corrected chi connectivity index (χ4v) is 4.08. The normalized spacial score (nSPS) is 17.8. The van der Waals surface area contributed by atoms with Gasteiger partial charge in [-0.1, -0.05) is 35.5 Å². The van der Waals surface area contributed by atoms with Gasteiger partial charge in [0.25, 0.3) is 0 Å². The number of nitrogens with zero attached hydrogens (tertiary/aromatic N) is 3. The molecule has 132 valence electrons. The van der Waals surface area contributed by atoms with E-state index in [1.807, 2.05) is 18.2 Å². The molecule has 1 aromatic carbocycles. The van der Waals surface area contributed by atoms with Crippen molar-refractivity contribution in [1.29, 1.82) is 0 Å². The first-order valence-corrected chi connectivity index (χ1v) is 9.84. The summed E-state index contributed by atoms with van der Waals surface area (Å²) < 4.78 is 5.10. The average molecular weight is 376 g/mol. The van der Waals surface area contributed by atoms with E-state index in [-0.39, 0.29) is 0 Å². The molecule has 4 nitrogen and oxygen atoms in total. The van der Waals surface area contributed by atoms with Crippen LogP contribution in [0.2, 0.25) is 5.02 Å². The number of ether oxygens (including phenoxy) is 1. The van der Waals surface area contributed by atoms with E-state index in [2.05, 4.69) is 35.2 Å². The van der Waals surface area contributed by atoms with Crippen LogP contribution in [-0.2, 0) is 0 Å². The minimum Gasteiger partial charge on any atom is -0.481 e. The van der Waals surface area contributed by atoms with Gasteiger partial charge in [0, 0.05) is 30.1 Å². The van der Waals surface area contributed by atoms with Gasteiger partial charge in [-0.15, -0.1) is 0 Å². The van der Waals surface area contributed by atoms with E-state index in [9.17, 15) is 0 Å². The van der Waals surface area contributed by atoms with Crippen LogP contribution in [0, 0.1) is 6.92 Å². The molecule has 0 aliphatic carbocycles. The van der Waals surface area contributed by atoms with Gasteiger partial charge in [-0.25, -0.2) is 9.98 Å². The average Bonchev–Trinajstić information content (AvgIpc) is 3.09. The highest BCUT2D eigenvalue weighted by Crippen LogP contribution is 2.34. The fourth-order valence-electron chi connectivity index (χ4n) is 3.07. The van der Waals surface area contributed by atoms with Crippen molar-refractivity contribution < 1.29 is 4.74 Å². The van der Waals surface area contributed by atoms with Crippen LogP contribution in [0.15, 0.2) is 41.5 Å². The Bertz CT molecular complexity index is 764. The predicted molar refractivity (Wildman–Crippen MR) is 107 cm³/mol. The standard InChI is InChI=1S/C19H22ClN3OS/c1-13-4-6-16(17(20)10-13)14-8-9-23(12-14)19(25-3)22-15-5-7-18(24-2)21-11-15/h4-7,10-11,14H,8-9,12H2,1-3H3/b22-19+. The molecule has 1 unspecified atom stereocenters. The zero-order valence-corrected chi connectivity index (χ0v) is 16.3. The van der Waals surface area contributed by atoms with E-state index in [1.165, 1.54) is 11.1 Å². The highest BCUT2D eigenvalue weighted by molar-refractivity contribution is 8.13. The first kappa shape index (κ1) is 18.1. The van der Waals surface area contributed by atoms with Crippen molar-refractivity contribution in [2.75, 3.05) is 26.5 Å². The molecule has 0 N–H and O–H groups in total. The maximum Gasteiger partial charge on any atom is 0.213 e. The molecule has 6 heteroatoms. The largest absolute Gasteiger partial charge is 0.481 e. The Hall–Kier alpha value is -1.72. The third kappa shape index (κ3) is 4.28. The summed E-state index contributed by atoms with van der Waals surface area (Å²) in [5, 5.41) is 1.88. The highest BCUT2D eigenvalue weighted by atomic mass is 35.5. The molecule has 0 spiro atoms. The Morgan fingerprint density at radius 3 is 2.84 bits per heavy atom. The number of aromatic nitrogens is 1. The second-order valence-corrected chi connectivity index (χ2v) is 7.29. The van der Waals surface area contributed by atoms with E-state index in [0.29, 0.717) is 11.8 Å². The monoisotopic (exact) mass is 375 g/mol. The maximum atomic E-state index is 6.45. The third-order valence-corrected chi connectivity index (χ3v) is 5.43. The van der Waals surface area contributed by atoms with Crippen LogP contribution in [0.3, 0.4) is 0 Å². The van der Waals surface area contributed by atoms with Gasteiger partial charge in [0.05, 0.1) is 19.0 Å². The van der Waals surface area contributed by atoms with E-state index in [1.54, 1.807) is 25.1 Å². The summed E-state index contributed by atoms with van der Waals surface area (Å²) in [6.07, 6.45) is 4.88. The van der Waals surface area contributed by atoms with Crippen molar-refractivity contribution in [3.63, 3.8) is 0 Å². The second kappa shape index (κ2) is 8.11. The number of amidine groups is 1. The summed E-state index contributed by atoms with van der Waals surface area (Å²) in [6.45, 7) is 3.99. The summed E-state index contributed by atoms with van der Waals surface area (Å²) in [5.74, 6) is 1.04. The fraction of sp³-hybridized carbons (Fsp3) is 0.368. The van der Waals surface area contributed by atoms with Crippen molar-refractivity contribution in [3.8, 4) is 5.88 Å². The van der Waals surface area contributed by atoms with Gasteiger partial charge in [-0.05, 0) is 42.9 Å². The number of hydrogen-bond donors (Lipinski definition) is 0. The molecule has 0 bridgehead atoms. The quantitative estimate of drug-likeness (QED) is 0.565. The molecule has 1 aromatic heterocycles. The summed E-state index contributed by atoms with van der Waals surface area (Å²) >= 11 is 8.11. The Kier molecular flexibility index (Phi) is 5.86. The number of pyridine rings is 1. The lowest BCUT2D eigenvalue weighted by Gasteiger charge is -2.20. The molecule has 3 rings (SSSR count). The zero-order valence-electron chi connectivity index (χ0n) is 14.7. The molecule has 1 atom stereocenters. The summed E-state index contributed by atoms with van der Waals surface area (Å²) in [7, 11) is 1.61. The number of aliphatic imine (C=N–C) groups is 1. The lowest BCUT2D eigenvalue weighted by molar-refractivity contribution is 0.398. The molecule has 0 amide bonds. The molecule has 0 radical (unpaired) electrons. The molecule has 1 saturated heterocycles. The third-order valence-electron chi connectivity index (χ3n) is 4.39. The predicted octanol–water partition coefficient (Wildman–Crippen LogP) is 4.89. The number of methoxy groups -OCH3 is 1. The molecular formula is C19H22ClN3OS. The van der Waals surface area contributed by atoms with Crippen molar-refractivity contribution in [3.05, 3.63) is 52.7 Å². The van der Waals surface area contributed by atoms with Gasteiger partial charge in [0.15, 0.2) is 5.17 Å². The number of thioether (sulfide) groups is 1. The van der Waals surface area contributed by atoms with Crippen LogP contribution in [-0.4, -0.2) is 41.5 Å². The smallest absolute Gasteiger partial charge is 0.213 e. The van der Waals surface area contributed by atoms with Crippen LogP contribution < -0.4 is 4.74 Å². The van der Waals surface area contributed by atoms with Crippen LogP contribution in [0.1, 0.15) is 23.5 Å². The lowest BCUT2D eigenvalue weighted by atomic mass is 9.97. The minimum absolute atomic E-state index is 0.444. The number of hydrogen-bond acceptors (Lipinski definition) is 4. The maximum absolute atomic E-state index is 6.45. The molecule has 1 aliphatic heterocycles. The summed E-state index contributed by atoms with van der Waals surface area (Å²) in [4.78, 5) is 11.3. The lowest BCUT2D eigenvalue weighted by Crippen LogP contribution is -2.25. The number of rotatable bonds is 3. The van der Waals surface area contributed by atoms with Gasteiger partial charge < -0.3 is 9.64 Å². The summed E-state index contributed by atoms with van der Waals surface area (Å²) in [5.41, 5.74) is 3.27. The van der Waals surface area contributed by atoms with E-state index in [0.717, 1.165) is 35.4 Å². The SMILES string of the molecule is COc1ccc(/N=C(/SC)N2CCC(c3ccc(C)cc3Cl)C2)cn1. The summed E-state index contributed by atoms with van der Waals surface area (Å²) in [6, 6.07) is 10.1. The van der Waals surface area contributed by atoms with E-state index < -0.39 is 0 Å². The Balaban J connectivity index is 1.75. The number of likely N-dealkylation sites (tertiary alicyclic amines) is 1. The number of halogens is 1. The molecule has 1 aliphatic rings. The van der Waals surface area contributed by atoms with Crippen LogP contribution in [0.5, 0.6) is 5.88 Å². The first-order chi connectivity index (χ1) is 12.1. The van der Waals surface area contributed by atoms with Crippen molar-refractivity contribution in [2.45, 2.75) is 19.3 Å². The molecule has 2 aromatic rings. The number of benzene rings is 1. The first-order valence-electron chi connectivity index (χ1n) is 8.24. The molecular weight excluding hydrogens is 354 g/mol. The Labute approximate surface area is 158 Å². The minimum atomic E-state index is 0.444. The van der Waals surface area contributed by atoms with E-state index >= 15 is 0 Å². The van der Waals surface area contributed by atoms with E-state index in [4.69, 9.17) is 21.3 Å². The van der Waals surface area contributed by atoms with Gasteiger partial charge in [-0.3, -0.25) is 0 Å². The number of aryl methyl sites for hydroxylation is 1. The highest BCUT2D eigenvalue weighted by Gasteiger charge is 2.27. The van der Waals surface area contributed by atoms with Gasteiger partial charge in [0.2, 0.25) is 5.88 Å². The second-order valence-electron chi connectivity index (χ2n) is 6.11. The van der Waals surface area contributed by atoms with Crippen molar-refractivity contribution >= 4 is 34.2 Å². The molecule has 25 heavy (non-hydrogen) atoms. The van der Waals surface area contributed by atoms with Crippen LogP contribution >= 0.6 is 23.4 Å². The molecule has 0 saturated carbocycles.